The summed E-state index contributed by atoms with van der Waals surface area (Å²) in [5.74, 6) is -0.0693. The fourth-order valence-electron chi connectivity index (χ4n) is 3.71. The average molecular weight is 355 g/mol. The zero-order chi connectivity index (χ0) is 18.7. The van der Waals surface area contributed by atoms with Gasteiger partial charge in [-0.2, -0.15) is 0 Å². The van der Waals surface area contributed by atoms with E-state index in [2.05, 4.69) is 9.55 Å². The molecule has 8 nitrogen and oxygen atoms in total. The van der Waals surface area contributed by atoms with Gasteiger partial charge in [-0.1, -0.05) is 0 Å². The number of nitrogens with zero attached hydrogens (tertiary/aromatic N) is 5. The molecule has 0 bridgehead atoms. The summed E-state index contributed by atoms with van der Waals surface area (Å²) in [6.07, 6.45) is 3.75. The Bertz CT molecular complexity index is 1170. The fraction of sp³-hybridized carbons (Fsp3) is 0.444. The van der Waals surface area contributed by atoms with Gasteiger partial charge in [-0.15, -0.1) is 0 Å². The van der Waals surface area contributed by atoms with E-state index >= 15 is 0 Å². The Kier molecular flexibility index (Phi) is 3.54. The smallest absolute Gasteiger partial charge is 0.332 e. The predicted octanol–water partition coefficient (Wildman–Crippen LogP) is 1.07. The van der Waals surface area contributed by atoms with Gasteiger partial charge in [-0.25, -0.2) is 9.78 Å². The van der Waals surface area contributed by atoms with E-state index in [4.69, 9.17) is 0 Å². The van der Waals surface area contributed by atoms with Gasteiger partial charge in [-0.3, -0.25) is 18.7 Å². The highest BCUT2D eigenvalue weighted by Crippen LogP contribution is 2.38. The normalized spacial score (nSPS) is 14.3. The lowest BCUT2D eigenvalue weighted by Crippen LogP contribution is -2.37. The minimum Gasteiger partial charge on any atom is -0.345 e. The molecule has 3 aromatic rings. The number of carbonyl (C=O) groups excluding carboxylic acids is 1. The molecule has 26 heavy (non-hydrogen) atoms. The SMILES string of the molecule is Cc1cc(C(=O)Cn2cnc3c2c(=O)n(C)c(=O)n3C)c(C)n1C1CC1. The molecular formula is C18H21N5O3. The monoisotopic (exact) mass is 355 g/mol. The van der Waals surface area contributed by atoms with Crippen molar-refractivity contribution in [3.05, 3.63) is 50.2 Å². The van der Waals surface area contributed by atoms with Crippen LogP contribution in [0.3, 0.4) is 0 Å². The molecule has 1 aliphatic carbocycles. The first-order chi connectivity index (χ1) is 12.3. The van der Waals surface area contributed by atoms with Gasteiger partial charge in [0.05, 0.1) is 12.9 Å². The number of carbonyl (C=O) groups is 1. The molecule has 0 aliphatic heterocycles. The van der Waals surface area contributed by atoms with Crippen LogP contribution >= 0.6 is 0 Å². The quantitative estimate of drug-likeness (QED) is 0.656. The lowest BCUT2D eigenvalue weighted by Gasteiger charge is -2.08. The van der Waals surface area contributed by atoms with E-state index < -0.39 is 11.2 Å². The first kappa shape index (κ1) is 16.6. The lowest BCUT2D eigenvalue weighted by atomic mass is 10.1. The van der Waals surface area contributed by atoms with Crippen LogP contribution in [0, 0.1) is 13.8 Å². The van der Waals surface area contributed by atoms with E-state index in [-0.39, 0.29) is 23.5 Å². The van der Waals surface area contributed by atoms with Crippen LogP contribution in [0.15, 0.2) is 22.0 Å². The summed E-state index contributed by atoms with van der Waals surface area (Å²) in [7, 11) is 2.99. The maximum atomic E-state index is 12.9. The van der Waals surface area contributed by atoms with Crippen LogP contribution in [-0.4, -0.2) is 29.0 Å². The molecular weight excluding hydrogens is 334 g/mol. The second-order valence-corrected chi connectivity index (χ2v) is 7.06. The van der Waals surface area contributed by atoms with Crippen LogP contribution in [0.1, 0.15) is 40.6 Å². The van der Waals surface area contributed by atoms with E-state index in [1.54, 1.807) is 7.05 Å². The second kappa shape index (κ2) is 5.55. The molecule has 0 unspecified atom stereocenters. The maximum absolute atomic E-state index is 12.9. The van der Waals surface area contributed by atoms with Crippen molar-refractivity contribution in [3.8, 4) is 0 Å². The molecule has 0 spiro atoms. The van der Waals surface area contributed by atoms with Crippen LogP contribution in [-0.2, 0) is 20.6 Å². The van der Waals surface area contributed by atoms with Crippen molar-refractivity contribution in [2.45, 2.75) is 39.3 Å². The maximum Gasteiger partial charge on any atom is 0.332 e. The lowest BCUT2D eigenvalue weighted by molar-refractivity contribution is 0.0972. The van der Waals surface area contributed by atoms with Crippen LogP contribution in [0.2, 0.25) is 0 Å². The van der Waals surface area contributed by atoms with Crippen molar-refractivity contribution in [2.24, 2.45) is 14.1 Å². The van der Waals surface area contributed by atoms with Gasteiger partial charge >= 0.3 is 5.69 Å². The van der Waals surface area contributed by atoms with Gasteiger partial charge in [0, 0.05) is 37.1 Å². The van der Waals surface area contributed by atoms with E-state index in [9.17, 15) is 14.4 Å². The molecule has 3 aromatic heterocycles. The molecule has 3 heterocycles. The number of imidazole rings is 1. The largest absolute Gasteiger partial charge is 0.345 e. The second-order valence-electron chi connectivity index (χ2n) is 7.06. The third-order valence-electron chi connectivity index (χ3n) is 5.23. The highest BCUT2D eigenvalue weighted by molar-refractivity contribution is 5.98. The first-order valence-corrected chi connectivity index (χ1v) is 8.63. The van der Waals surface area contributed by atoms with Crippen molar-refractivity contribution in [3.63, 3.8) is 0 Å². The number of hydrogen-bond acceptors (Lipinski definition) is 4. The van der Waals surface area contributed by atoms with Crippen molar-refractivity contribution in [2.75, 3.05) is 0 Å². The van der Waals surface area contributed by atoms with E-state index in [1.165, 1.54) is 22.5 Å². The standard InChI is InChI=1S/C18H21N5O3/c1-10-7-13(11(2)23(10)12-5-6-12)14(24)8-22-9-19-16-15(22)17(25)21(4)18(26)20(16)3/h7,9,12H,5-6,8H2,1-4H3. The Morgan fingerprint density at radius 2 is 1.88 bits per heavy atom. The molecule has 0 saturated heterocycles. The molecule has 8 heteroatoms. The minimum absolute atomic E-state index is 0.0128. The Morgan fingerprint density at radius 3 is 2.54 bits per heavy atom. The Balaban J connectivity index is 1.77. The van der Waals surface area contributed by atoms with Gasteiger partial charge in [0.1, 0.15) is 0 Å². The highest BCUT2D eigenvalue weighted by atomic mass is 16.2. The summed E-state index contributed by atoms with van der Waals surface area (Å²) in [4.78, 5) is 41.6. The summed E-state index contributed by atoms with van der Waals surface area (Å²) < 4.78 is 6.10. The zero-order valence-corrected chi connectivity index (χ0v) is 15.3. The fourth-order valence-corrected chi connectivity index (χ4v) is 3.71. The number of aromatic nitrogens is 5. The average Bonchev–Trinajstić information content (AvgIpc) is 3.27. The summed E-state index contributed by atoms with van der Waals surface area (Å²) in [6, 6.07) is 2.43. The highest BCUT2D eigenvalue weighted by Gasteiger charge is 2.28. The number of hydrogen-bond donors (Lipinski definition) is 0. The topological polar surface area (TPSA) is 83.8 Å². The van der Waals surface area contributed by atoms with Crippen LogP contribution in [0.25, 0.3) is 11.2 Å². The van der Waals surface area contributed by atoms with E-state index in [0.717, 1.165) is 28.8 Å². The van der Waals surface area contributed by atoms with Gasteiger partial charge in [0.15, 0.2) is 16.9 Å². The number of ketones is 1. The molecule has 0 aromatic carbocycles. The van der Waals surface area contributed by atoms with E-state index in [1.807, 2.05) is 19.9 Å². The Hall–Kier alpha value is -2.90. The van der Waals surface area contributed by atoms with Gasteiger partial charge in [0.2, 0.25) is 0 Å². The van der Waals surface area contributed by atoms with Crippen molar-refractivity contribution < 1.29 is 4.79 Å². The van der Waals surface area contributed by atoms with E-state index in [0.29, 0.717) is 11.6 Å². The number of rotatable bonds is 4. The van der Waals surface area contributed by atoms with Crippen LogP contribution < -0.4 is 11.2 Å². The van der Waals surface area contributed by atoms with Crippen molar-refractivity contribution in [1.29, 1.82) is 0 Å². The third kappa shape index (κ3) is 2.28. The molecule has 136 valence electrons. The number of Topliss-reactive ketones (excluding diaryl/α,β-unsaturated/α-hetero) is 1. The summed E-state index contributed by atoms with van der Waals surface area (Å²) in [5, 5.41) is 0. The summed E-state index contributed by atoms with van der Waals surface area (Å²) in [6.45, 7) is 3.99. The van der Waals surface area contributed by atoms with Gasteiger partial charge in [-0.05, 0) is 32.8 Å². The van der Waals surface area contributed by atoms with Crippen LogP contribution in [0.4, 0.5) is 0 Å². The number of aryl methyl sites for hydroxylation is 2. The van der Waals surface area contributed by atoms with Crippen molar-refractivity contribution in [1.82, 2.24) is 23.3 Å². The molecule has 1 aliphatic rings. The Morgan fingerprint density at radius 1 is 1.19 bits per heavy atom. The third-order valence-corrected chi connectivity index (χ3v) is 5.23. The van der Waals surface area contributed by atoms with Gasteiger partial charge < -0.3 is 9.13 Å². The van der Waals surface area contributed by atoms with Crippen LogP contribution in [0.5, 0.6) is 0 Å². The first-order valence-electron chi connectivity index (χ1n) is 8.63. The molecule has 0 amide bonds. The molecule has 4 rings (SSSR count). The Labute approximate surface area is 149 Å². The summed E-state index contributed by atoms with van der Waals surface area (Å²) >= 11 is 0. The molecule has 0 atom stereocenters. The molecule has 1 fully saturated rings. The molecule has 0 N–H and O–H groups in total. The zero-order valence-electron chi connectivity index (χ0n) is 15.3. The number of fused-ring (bicyclic) bond motifs is 1. The molecule has 0 radical (unpaired) electrons. The predicted molar refractivity (Wildman–Crippen MR) is 96.7 cm³/mol. The van der Waals surface area contributed by atoms with Gasteiger partial charge in [0.25, 0.3) is 5.56 Å². The molecule has 1 saturated carbocycles. The van der Waals surface area contributed by atoms with Crippen molar-refractivity contribution >= 4 is 16.9 Å². The minimum atomic E-state index is -0.447. The summed E-state index contributed by atoms with van der Waals surface area (Å²) in [5.41, 5.74) is 2.40.